The second kappa shape index (κ2) is 6.59. The first kappa shape index (κ1) is 15.7. The van der Waals surface area contributed by atoms with Gasteiger partial charge in [0.1, 0.15) is 11.6 Å². The van der Waals surface area contributed by atoms with Crippen LogP contribution in [0.1, 0.15) is 36.3 Å². The Labute approximate surface area is 146 Å². The van der Waals surface area contributed by atoms with Gasteiger partial charge in [-0.05, 0) is 42.3 Å². The van der Waals surface area contributed by atoms with Gasteiger partial charge in [-0.2, -0.15) is 0 Å². The van der Waals surface area contributed by atoms with Gasteiger partial charge in [-0.1, -0.05) is 18.2 Å². The molecule has 1 aliphatic heterocycles. The number of carbonyl (C=O) groups excluding carboxylic acids is 1. The predicted octanol–water partition coefficient (Wildman–Crippen LogP) is 3.31. The number of fused-ring (bicyclic) bond motifs is 2. The lowest BCUT2D eigenvalue weighted by Gasteiger charge is -2.15. The lowest BCUT2D eigenvalue weighted by Crippen LogP contribution is -2.27. The molecule has 1 atom stereocenters. The maximum absolute atomic E-state index is 12.3. The molecular formula is C20H21N3O2. The number of aromatic amines is 1. The summed E-state index contributed by atoms with van der Waals surface area (Å²) in [5.41, 5.74) is 4.28. The molecule has 2 aromatic carbocycles. The number of ether oxygens (including phenoxy) is 1. The summed E-state index contributed by atoms with van der Waals surface area (Å²) < 4.78 is 5.53. The molecule has 0 radical (unpaired) electrons. The number of hydrogen-bond acceptors (Lipinski definition) is 3. The zero-order valence-corrected chi connectivity index (χ0v) is 14.2. The monoisotopic (exact) mass is 335 g/mol. The maximum atomic E-state index is 12.3. The van der Waals surface area contributed by atoms with Gasteiger partial charge in [0.2, 0.25) is 5.91 Å². The van der Waals surface area contributed by atoms with Crippen molar-refractivity contribution in [3.05, 3.63) is 59.4 Å². The van der Waals surface area contributed by atoms with Crippen molar-refractivity contribution in [2.45, 2.75) is 32.2 Å². The van der Waals surface area contributed by atoms with Crippen molar-refractivity contribution in [1.82, 2.24) is 15.3 Å². The number of imidazole rings is 1. The fraction of sp³-hybridized carbons (Fsp3) is 0.300. The van der Waals surface area contributed by atoms with Gasteiger partial charge < -0.3 is 15.0 Å². The van der Waals surface area contributed by atoms with Crippen molar-refractivity contribution in [3.8, 4) is 5.75 Å². The molecule has 0 saturated carbocycles. The summed E-state index contributed by atoms with van der Waals surface area (Å²) in [5, 5.41) is 3.07. The van der Waals surface area contributed by atoms with Crippen LogP contribution >= 0.6 is 0 Å². The Balaban J connectivity index is 1.35. The molecule has 1 amide bonds. The van der Waals surface area contributed by atoms with E-state index in [2.05, 4.69) is 21.4 Å². The number of H-pyrrole nitrogens is 1. The van der Waals surface area contributed by atoms with Crippen LogP contribution < -0.4 is 10.1 Å². The molecule has 128 valence electrons. The zero-order valence-electron chi connectivity index (χ0n) is 14.2. The van der Waals surface area contributed by atoms with Crippen LogP contribution in [0.25, 0.3) is 11.0 Å². The molecule has 0 saturated heterocycles. The number of benzene rings is 2. The highest BCUT2D eigenvalue weighted by Crippen LogP contribution is 2.28. The number of rotatable bonds is 5. The SMILES string of the molecule is CC(NC(=O)CCc1nc2ccccc2[nH]1)c1ccc2c(c1)CCO2. The molecular weight excluding hydrogens is 314 g/mol. The van der Waals surface area contributed by atoms with Crippen molar-refractivity contribution in [2.75, 3.05) is 6.61 Å². The first-order valence-corrected chi connectivity index (χ1v) is 8.67. The number of hydrogen-bond donors (Lipinski definition) is 2. The van der Waals surface area contributed by atoms with E-state index in [1.165, 1.54) is 5.56 Å². The summed E-state index contributed by atoms with van der Waals surface area (Å²) >= 11 is 0. The Morgan fingerprint density at radius 1 is 1.32 bits per heavy atom. The molecule has 0 aliphatic carbocycles. The average Bonchev–Trinajstić information content (AvgIpc) is 3.25. The molecule has 5 heteroatoms. The number of carbonyl (C=O) groups is 1. The lowest BCUT2D eigenvalue weighted by molar-refractivity contribution is -0.121. The van der Waals surface area contributed by atoms with E-state index in [4.69, 9.17) is 4.74 Å². The van der Waals surface area contributed by atoms with Crippen molar-refractivity contribution in [1.29, 1.82) is 0 Å². The van der Waals surface area contributed by atoms with Gasteiger partial charge in [0, 0.05) is 19.3 Å². The van der Waals surface area contributed by atoms with Crippen LogP contribution in [0.3, 0.4) is 0 Å². The maximum Gasteiger partial charge on any atom is 0.220 e. The van der Waals surface area contributed by atoms with Crippen LogP contribution in [0.2, 0.25) is 0 Å². The van der Waals surface area contributed by atoms with E-state index in [9.17, 15) is 4.79 Å². The molecule has 4 rings (SSSR count). The molecule has 2 N–H and O–H groups in total. The Bertz CT molecular complexity index is 883. The van der Waals surface area contributed by atoms with Gasteiger partial charge in [0.25, 0.3) is 0 Å². The Morgan fingerprint density at radius 3 is 3.08 bits per heavy atom. The first-order valence-electron chi connectivity index (χ1n) is 8.67. The van der Waals surface area contributed by atoms with E-state index in [1.54, 1.807) is 0 Å². The van der Waals surface area contributed by atoms with Crippen LogP contribution in [-0.4, -0.2) is 22.5 Å². The van der Waals surface area contributed by atoms with E-state index in [0.717, 1.165) is 41.2 Å². The van der Waals surface area contributed by atoms with Gasteiger partial charge in [-0.25, -0.2) is 4.98 Å². The minimum absolute atomic E-state index is 0.0194. The number of aromatic nitrogens is 2. The highest BCUT2D eigenvalue weighted by atomic mass is 16.5. The second-order valence-corrected chi connectivity index (χ2v) is 6.46. The molecule has 5 nitrogen and oxygen atoms in total. The lowest BCUT2D eigenvalue weighted by atomic mass is 10.0. The van der Waals surface area contributed by atoms with Crippen LogP contribution in [-0.2, 0) is 17.6 Å². The molecule has 3 aromatic rings. The van der Waals surface area contributed by atoms with Crippen molar-refractivity contribution in [2.24, 2.45) is 0 Å². The largest absolute Gasteiger partial charge is 0.493 e. The van der Waals surface area contributed by atoms with Gasteiger partial charge in [0.05, 0.1) is 23.7 Å². The highest BCUT2D eigenvalue weighted by molar-refractivity contribution is 5.77. The molecule has 2 heterocycles. The molecule has 25 heavy (non-hydrogen) atoms. The summed E-state index contributed by atoms with van der Waals surface area (Å²) in [4.78, 5) is 20.0. The summed E-state index contributed by atoms with van der Waals surface area (Å²) in [7, 11) is 0. The van der Waals surface area contributed by atoms with Crippen LogP contribution in [0.4, 0.5) is 0 Å². The van der Waals surface area contributed by atoms with Crippen LogP contribution in [0.5, 0.6) is 5.75 Å². The number of para-hydroxylation sites is 2. The van der Waals surface area contributed by atoms with E-state index in [-0.39, 0.29) is 11.9 Å². The van der Waals surface area contributed by atoms with Crippen LogP contribution in [0.15, 0.2) is 42.5 Å². The molecule has 1 aliphatic rings. The quantitative estimate of drug-likeness (QED) is 0.752. The zero-order chi connectivity index (χ0) is 17.2. The molecule has 0 fully saturated rings. The Kier molecular flexibility index (Phi) is 4.14. The second-order valence-electron chi connectivity index (χ2n) is 6.46. The minimum Gasteiger partial charge on any atom is -0.493 e. The third-order valence-corrected chi connectivity index (χ3v) is 4.62. The smallest absolute Gasteiger partial charge is 0.220 e. The van der Waals surface area contributed by atoms with Crippen molar-refractivity contribution >= 4 is 16.9 Å². The molecule has 0 spiro atoms. The summed E-state index contributed by atoms with van der Waals surface area (Å²) in [6.45, 7) is 2.76. The highest BCUT2D eigenvalue weighted by Gasteiger charge is 2.16. The Hall–Kier alpha value is -2.82. The predicted molar refractivity (Wildman–Crippen MR) is 96.6 cm³/mol. The standard InChI is InChI=1S/C20H21N3O2/c1-13(14-6-7-18-15(12-14)10-11-25-18)21-20(24)9-8-19-22-16-4-2-3-5-17(16)23-19/h2-7,12-13H,8-11H2,1H3,(H,21,24)(H,22,23). The normalized spacial score (nSPS) is 14.1. The van der Waals surface area contributed by atoms with Crippen LogP contribution in [0, 0.1) is 0 Å². The van der Waals surface area contributed by atoms with Crippen molar-refractivity contribution in [3.63, 3.8) is 0 Å². The fourth-order valence-electron chi connectivity index (χ4n) is 3.23. The van der Waals surface area contributed by atoms with Crippen molar-refractivity contribution < 1.29 is 9.53 Å². The van der Waals surface area contributed by atoms with Gasteiger partial charge >= 0.3 is 0 Å². The summed E-state index contributed by atoms with van der Waals surface area (Å²) in [6, 6.07) is 14.0. The number of aryl methyl sites for hydroxylation is 1. The minimum atomic E-state index is -0.0194. The number of nitrogens with zero attached hydrogens (tertiary/aromatic N) is 1. The van der Waals surface area contributed by atoms with Gasteiger partial charge in [-0.3, -0.25) is 4.79 Å². The molecule has 1 unspecified atom stereocenters. The number of nitrogens with one attached hydrogen (secondary N) is 2. The van der Waals surface area contributed by atoms with Gasteiger partial charge in [-0.15, -0.1) is 0 Å². The fourth-order valence-corrected chi connectivity index (χ4v) is 3.23. The van der Waals surface area contributed by atoms with E-state index in [1.807, 2.05) is 43.3 Å². The topological polar surface area (TPSA) is 67.0 Å². The molecule has 0 bridgehead atoms. The van der Waals surface area contributed by atoms with Gasteiger partial charge in [0.15, 0.2) is 0 Å². The molecule has 1 aromatic heterocycles. The Morgan fingerprint density at radius 2 is 2.20 bits per heavy atom. The van der Waals surface area contributed by atoms with E-state index in [0.29, 0.717) is 12.8 Å². The summed E-state index contributed by atoms with van der Waals surface area (Å²) in [6.07, 6.45) is 1.96. The third kappa shape index (κ3) is 3.36. The number of amides is 1. The third-order valence-electron chi connectivity index (χ3n) is 4.62. The average molecular weight is 335 g/mol. The first-order chi connectivity index (χ1) is 12.2. The van der Waals surface area contributed by atoms with E-state index >= 15 is 0 Å². The summed E-state index contributed by atoms with van der Waals surface area (Å²) in [5.74, 6) is 1.84. The van der Waals surface area contributed by atoms with E-state index < -0.39 is 0 Å².